The minimum atomic E-state index is -2.40. The predicted octanol–water partition coefficient (Wildman–Crippen LogP) is 3.80. The molecule has 0 bridgehead atoms. The number of nitrogens with zero attached hydrogens (tertiary/aromatic N) is 3. The number of rotatable bonds is 8. The van der Waals surface area contributed by atoms with Crippen LogP contribution in [0.2, 0.25) is 0 Å². The van der Waals surface area contributed by atoms with E-state index < -0.39 is 41.1 Å². The first-order valence-corrected chi connectivity index (χ1v) is 10.4. The lowest BCUT2D eigenvalue weighted by atomic mass is 9.87. The smallest absolute Gasteiger partial charge is 0.344 e. The van der Waals surface area contributed by atoms with Gasteiger partial charge in [-0.2, -0.15) is 0 Å². The summed E-state index contributed by atoms with van der Waals surface area (Å²) in [5.41, 5.74) is 5.64. The van der Waals surface area contributed by atoms with Gasteiger partial charge in [0, 0.05) is 16.7 Å². The molecule has 9 heteroatoms. The third-order valence-electron chi connectivity index (χ3n) is 6.36. The van der Waals surface area contributed by atoms with Gasteiger partial charge in [-0.1, -0.05) is 47.6 Å². The fourth-order valence-electron chi connectivity index (χ4n) is 4.92. The molecule has 0 aromatic heterocycles. The second-order valence-electron chi connectivity index (χ2n) is 8.05. The average molecular weight is 429 g/mol. The number of ether oxygens (including phenoxy) is 3. The number of esters is 2. The van der Waals surface area contributed by atoms with E-state index in [4.69, 9.17) is 14.2 Å². The molecule has 2 fully saturated rings. The first-order valence-electron chi connectivity index (χ1n) is 10.4. The molecule has 0 heterocycles. The van der Waals surface area contributed by atoms with Gasteiger partial charge in [-0.25, -0.2) is 9.18 Å². The van der Waals surface area contributed by atoms with Crippen molar-refractivity contribution in [1.29, 1.82) is 0 Å². The summed E-state index contributed by atoms with van der Waals surface area (Å²) in [6.07, 6.45) is 4.27. The minimum Gasteiger partial charge on any atom is -0.464 e. The van der Waals surface area contributed by atoms with E-state index >= 15 is 4.39 Å². The van der Waals surface area contributed by atoms with Gasteiger partial charge in [0.2, 0.25) is 5.67 Å². The van der Waals surface area contributed by atoms with Crippen molar-refractivity contribution < 1.29 is 28.2 Å². The van der Waals surface area contributed by atoms with Gasteiger partial charge in [0.15, 0.2) is 5.54 Å². The molecule has 0 amide bonds. The van der Waals surface area contributed by atoms with Crippen LogP contribution in [0.3, 0.4) is 0 Å². The van der Waals surface area contributed by atoms with E-state index in [0.717, 1.165) is 18.4 Å². The number of allylic oxidation sites excluding steroid dienone is 1. The molecule has 2 saturated carbocycles. The summed E-state index contributed by atoms with van der Waals surface area (Å²) in [5.74, 6) is -3.96. The van der Waals surface area contributed by atoms with Crippen LogP contribution in [0.4, 0.5) is 4.39 Å². The standard InChI is InChI=1S/C22H24FN3O5/c1-2-29-19(27)21(23)16-12-17(31-15-10-6-7-11-15)22(18(16)21,25-26-24)20(28)30-13-14-8-4-3-5-9-14/h3-6,8-10,15-18H,2,7,11-13H2,1H3/t15?,16-,17-,18+,21-,22+/m1/s1. The van der Waals surface area contributed by atoms with Gasteiger partial charge in [-0.3, -0.25) is 4.79 Å². The Kier molecular flexibility index (Phi) is 5.73. The number of hydrogen-bond acceptors (Lipinski definition) is 6. The predicted molar refractivity (Wildman–Crippen MR) is 107 cm³/mol. The summed E-state index contributed by atoms with van der Waals surface area (Å²) in [6.45, 7) is 1.50. The van der Waals surface area contributed by atoms with Crippen LogP contribution in [0.15, 0.2) is 47.6 Å². The highest BCUT2D eigenvalue weighted by molar-refractivity contribution is 5.92. The highest BCUT2D eigenvalue weighted by atomic mass is 19.1. The summed E-state index contributed by atoms with van der Waals surface area (Å²) >= 11 is 0. The molecule has 3 aliphatic carbocycles. The molecule has 1 aromatic rings. The zero-order valence-electron chi connectivity index (χ0n) is 17.1. The zero-order valence-corrected chi connectivity index (χ0v) is 17.1. The van der Waals surface area contributed by atoms with E-state index in [0.29, 0.717) is 0 Å². The topological polar surface area (TPSA) is 111 Å². The Labute approximate surface area is 179 Å². The third kappa shape index (κ3) is 3.47. The van der Waals surface area contributed by atoms with Crippen LogP contribution in [0, 0.1) is 11.8 Å². The Balaban J connectivity index is 1.64. The van der Waals surface area contributed by atoms with Crippen LogP contribution < -0.4 is 0 Å². The van der Waals surface area contributed by atoms with Gasteiger partial charge < -0.3 is 14.2 Å². The van der Waals surface area contributed by atoms with Crippen molar-refractivity contribution in [3.05, 3.63) is 58.5 Å². The van der Waals surface area contributed by atoms with E-state index in [9.17, 15) is 15.1 Å². The number of benzene rings is 1. The number of carbonyl (C=O) groups excluding carboxylic acids is 2. The number of fused-ring (bicyclic) bond motifs is 1. The first kappa shape index (κ1) is 21.3. The Bertz CT molecular complexity index is 934. The van der Waals surface area contributed by atoms with Crippen molar-refractivity contribution in [3.63, 3.8) is 0 Å². The van der Waals surface area contributed by atoms with Gasteiger partial charge in [0.1, 0.15) is 6.61 Å². The first-order chi connectivity index (χ1) is 15.0. The fraction of sp³-hybridized carbons (Fsp3) is 0.545. The van der Waals surface area contributed by atoms with Gasteiger partial charge in [0.05, 0.1) is 18.8 Å². The van der Waals surface area contributed by atoms with Gasteiger partial charge in [0.25, 0.3) is 0 Å². The second kappa shape index (κ2) is 8.32. The molecule has 164 valence electrons. The zero-order chi connectivity index (χ0) is 22.1. The molecular weight excluding hydrogens is 405 g/mol. The number of carbonyl (C=O) groups is 2. The molecule has 1 aromatic carbocycles. The molecule has 4 rings (SSSR count). The van der Waals surface area contributed by atoms with E-state index in [2.05, 4.69) is 10.0 Å². The fourth-order valence-corrected chi connectivity index (χ4v) is 4.92. The Hall–Kier alpha value is -2.90. The average Bonchev–Trinajstić information content (AvgIpc) is 3.10. The lowest BCUT2D eigenvalue weighted by Gasteiger charge is -2.34. The SMILES string of the molecule is CCOC(=O)[C@@]1(F)[C@@H]2C[C@@H](OC3C=CCC3)[C@@](N=[N+]=[N-])(C(=O)OCc3ccccc3)[C@@H]21. The van der Waals surface area contributed by atoms with E-state index in [1.54, 1.807) is 31.2 Å². The van der Waals surface area contributed by atoms with Crippen molar-refractivity contribution in [3.8, 4) is 0 Å². The second-order valence-corrected chi connectivity index (χ2v) is 8.05. The summed E-state index contributed by atoms with van der Waals surface area (Å²) < 4.78 is 32.1. The monoisotopic (exact) mass is 429 g/mol. The minimum absolute atomic E-state index is 0.00368. The lowest BCUT2D eigenvalue weighted by molar-refractivity contribution is -0.165. The molecule has 3 aliphatic rings. The normalized spacial score (nSPS) is 35.2. The summed E-state index contributed by atoms with van der Waals surface area (Å²) in [7, 11) is 0. The Morgan fingerprint density at radius 1 is 1.26 bits per heavy atom. The van der Waals surface area contributed by atoms with Crippen LogP contribution in [-0.4, -0.2) is 42.0 Å². The van der Waals surface area contributed by atoms with Crippen LogP contribution in [0.1, 0.15) is 31.7 Å². The van der Waals surface area contributed by atoms with Gasteiger partial charge >= 0.3 is 11.9 Å². The van der Waals surface area contributed by atoms with Crippen LogP contribution in [-0.2, 0) is 30.4 Å². The molecule has 0 radical (unpaired) electrons. The third-order valence-corrected chi connectivity index (χ3v) is 6.36. The highest BCUT2D eigenvalue weighted by Gasteiger charge is 2.86. The Morgan fingerprint density at radius 3 is 2.68 bits per heavy atom. The molecule has 1 unspecified atom stereocenters. The molecule has 0 spiro atoms. The molecule has 0 aliphatic heterocycles. The summed E-state index contributed by atoms with van der Waals surface area (Å²) in [6, 6.07) is 8.97. The Morgan fingerprint density at radius 2 is 2.03 bits per heavy atom. The molecule has 6 atom stereocenters. The number of azide groups is 1. The molecule has 8 nitrogen and oxygen atoms in total. The van der Waals surface area contributed by atoms with E-state index in [1.165, 1.54) is 0 Å². The van der Waals surface area contributed by atoms with Crippen molar-refractivity contribution >= 4 is 11.9 Å². The maximum Gasteiger partial charge on any atom is 0.344 e. The molecule has 31 heavy (non-hydrogen) atoms. The number of hydrogen-bond donors (Lipinski definition) is 0. The van der Waals surface area contributed by atoms with Crippen molar-refractivity contribution in [2.24, 2.45) is 17.0 Å². The highest BCUT2D eigenvalue weighted by Crippen LogP contribution is 2.69. The van der Waals surface area contributed by atoms with Crippen molar-refractivity contribution in [1.82, 2.24) is 0 Å². The van der Waals surface area contributed by atoms with Crippen LogP contribution in [0.5, 0.6) is 0 Å². The van der Waals surface area contributed by atoms with Crippen LogP contribution in [0.25, 0.3) is 10.4 Å². The van der Waals surface area contributed by atoms with E-state index in [-0.39, 0.29) is 25.7 Å². The molecule has 0 N–H and O–H groups in total. The van der Waals surface area contributed by atoms with Crippen LogP contribution >= 0.6 is 0 Å². The van der Waals surface area contributed by atoms with Gasteiger partial charge in [-0.15, -0.1) is 0 Å². The summed E-state index contributed by atoms with van der Waals surface area (Å²) in [4.78, 5) is 28.5. The van der Waals surface area contributed by atoms with Crippen molar-refractivity contribution in [2.75, 3.05) is 6.61 Å². The summed E-state index contributed by atoms with van der Waals surface area (Å²) in [5, 5.41) is 3.76. The molecular formula is C22H24FN3O5. The largest absolute Gasteiger partial charge is 0.464 e. The maximum absolute atomic E-state index is 15.7. The van der Waals surface area contributed by atoms with E-state index in [1.807, 2.05) is 18.2 Å². The molecule has 0 saturated heterocycles. The van der Waals surface area contributed by atoms with Crippen molar-refractivity contribution in [2.45, 2.75) is 56.2 Å². The number of halogens is 1. The maximum atomic E-state index is 15.7. The van der Waals surface area contributed by atoms with Gasteiger partial charge in [-0.05, 0) is 37.3 Å². The quantitative estimate of drug-likeness (QED) is 0.205. The number of alkyl halides is 1. The lowest BCUT2D eigenvalue weighted by Crippen LogP contribution is -2.53.